The molecule has 15 heavy (non-hydrogen) atoms. The van der Waals surface area contributed by atoms with Crippen LogP contribution in [-0.2, 0) is 0 Å². The van der Waals surface area contributed by atoms with Gasteiger partial charge in [-0.25, -0.2) is 0 Å². The summed E-state index contributed by atoms with van der Waals surface area (Å²) in [5, 5.41) is 7.03. The van der Waals surface area contributed by atoms with Gasteiger partial charge in [-0.05, 0) is 31.2 Å². The molecule has 0 amide bonds. The van der Waals surface area contributed by atoms with Gasteiger partial charge in [0.25, 0.3) is 0 Å². The van der Waals surface area contributed by atoms with Gasteiger partial charge in [-0.2, -0.15) is 0 Å². The van der Waals surface area contributed by atoms with Crippen molar-refractivity contribution >= 4 is 21.6 Å². The largest absolute Gasteiger partial charge is 0.383 e. The maximum Gasteiger partial charge on any atom is 0.190 e. The number of anilines is 1. The molecule has 78 valence electrons. The normalized spacial score (nSPS) is 10.3. The highest BCUT2D eigenvalue weighted by Gasteiger charge is 2.12. The molecule has 0 saturated carbocycles. The van der Waals surface area contributed by atoms with E-state index in [1.54, 1.807) is 0 Å². The van der Waals surface area contributed by atoms with Crippen molar-refractivity contribution < 1.29 is 4.52 Å². The fraction of sp³-hybridized carbons (Fsp3) is 0.182. The summed E-state index contributed by atoms with van der Waals surface area (Å²) in [6, 6.07) is 7.94. The molecular weight excluding hydrogens is 256 g/mol. The van der Waals surface area contributed by atoms with E-state index in [4.69, 9.17) is 4.52 Å². The Kier molecular flexibility index (Phi) is 2.77. The van der Waals surface area contributed by atoms with Crippen molar-refractivity contribution in [2.75, 3.05) is 12.4 Å². The SMILES string of the molecule is CNc1c(C)noc1-c1ccc(Br)cc1. The molecular formula is C11H11BrN2O. The highest BCUT2D eigenvalue weighted by atomic mass is 79.9. The van der Waals surface area contributed by atoms with E-state index in [0.717, 1.165) is 27.2 Å². The first-order chi connectivity index (χ1) is 7.22. The highest BCUT2D eigenvalue weighted by Crippen LogP contribution is 2.30. The van der Waals surface area contributed by atoms with Gasteiger partial charge in [0, 0.05) is 17.1 Å². The van der Waals surface area contributed by atoms with Gasteiger partial charge in [-0.3, -0.25) is 0 Å². The summed E-state index contributed by atoms with van der Waals surface area (Å²) >= 11 is 3.40. The van der Waals surface area contributed by atoms with E-state index in [1.165, 1.54) is 0 Å². The zero-order valence-corrected chi connectivity index (χ0v) is 10.1. The summed E-state index contributed by atoms with van der Waals surface area (Å²) in [5.41, 5.74) is 2.83. The van der Waals surface area contributed by atoms with Crippen molar-refractivity contribution in [3.63, 3.8) is 0 Å². The van der Waals surface area contributed by atoms with Crippen LogP contribution < -0.4 is 5.32 Å². The van der Waals surface area contributed by atoms with Gasteiger partial charge in [0.15, 0.2) is 5.76 Å². The molecule has 1 aromatic carbocycles. The first-order valence-corrected chi connectivity index (χ1v) is 5.41. The summed E-state index contributed by atoms with van der Waals surface area (Å²) in [5.74, 6) is 0.780. The quantitative estimate of drug-likeness (QED) is 0.905. The number of aryl methyl sites for hydroxylation is 1. The molecule has 1 aromatic heterocycles. The fourth-order valence-electron chi connectivity index (χ4n) is 1.46. The van der Waals surface area contributed by atoms with Crippen LogP contribution in [0.1, 0.15) is 5.69 Å². The Morgan fingerprint density at radius 3 is 2.53 bits per heavy atom. The van der Waals surface area contributed by atoms with E-state index in [1.807, 2.05) is 38.2 Å². The molecule has 0 aliphatic rings. The van der Waals surface area contributed by atoms with Crippen LogP contribution >= 0.6 is 15.9 Å². The molecule has 1 N–H and O–H groups in total. The monoisotopic (exact) mass is 266 g/mol. The number of hydrogen-bond donors (Lipinski definition) is 1. The van der Waals surface area contributed by atoms with Gasteiger partial charge in [0.2, 0.25) is 0 Å². The van der Waals surface area contributed by atoms with Crippen LogP contribution in [0.25, 0.3) is 11.3 Å². The van der Waals surface area contributed by atoms with Gasteiger partial charge in [0.05, 0.1) is 0 Å². The average Bonchev–Trinajstić information content (AvgIpc) is 2.61. The lowest BCUT2D eigenvalue weighted by atomic mass is 10.1. The minimum atomic E-state index is 0.780. The van der Waals surface area contributed by atoms with Crippen molar-refractivity contribution in [3.8, 4) is 11.3 Å². The van der Waals surface area contributed by atoms with Crippen molar-refractivity contribution in [2.45, 2.75) is 6.92 Å². The molecule has 0 aliphatic carbocycles. The minimum Gasteiger partial charge on any atom is -0.383 e. The Hall–Kier alpha value is -1.29. The van der Waals surface area contributed by atoms with E-state index in [2.05, 4.69) is 26.4 Å². The third-order valence-corrected chi connectivity index (χ3v) is 2.75. The van der Waals surface area contributed by atoms with Crippen molar-refractivity contribution in [3.05, 3.63) is 34.4 Å². The number of rotatable bonds is 2. The number of halogens is 1. The van der Waals surface area contributed by atoms with Gasteiger partial charge in [0.1, 0.15) is 11.4 Å². The molecule has 1 heterocycles. The molecule has 0 spiro atoms. The third kappa shape index (κ3) is 1.90. The lowest BCUT2D eigenvalue weighted by Gasteiger charge is -2.01. The molecule has 0 unspecified atom stereocenters. The Morgan fingerprint density at radius 1 is 1.27 bits per heavy atom. The van der Waals surface area contributed by atoms with Gasteiger partial charge in [-0.15, -0.1) is 0 Å². The van der Waals surface area contributed by atoms with Crippen LogP contribution in [0.3, 0.4) is 0 Å². The van der Waals surface area contributed by atoms with Crippen LogP contribution in [0.4, 0.5) is 5.69 Å². The molecule has 3 nitrogen and oxygen atoms in total. The summed E-state index contributed by atoms with van der Waals surface area (Å²) in [6.45, 7) is 1.91. The smallest absolute Gasteiger partial charge is 0.190 e. The topological polar surface area (TPSA) is 38.1 Å². The second kappa shape index (κ2) is 4.06. The highest BCUT2D eigenvalue weighted by molar-refractivity contribution is 9.10. The van der Waals surface area contributed by atoms with E-state index < -0.39 is 0 Å². The molecule has 0 saturated heterocycles. The maximum absolute atomic E-state index is 5.28. The average molecular weight is 267 g/mol. The zero-order valence-electron chi connectivity index (χ0n) is 8.54. The van der Waals surface area contributed by atoms with E-state index in [9.17, 15) is 0 Å². The fourth-order valence-corrected chi connectivity index (χ4v) is 1.73. The number of benzene rings is 1. The second-order valence-electron chi connectivity index (χ2n) is 3.23. The van der Waals surface area contributed by atoms with Gasteiger partial charge >= 0.3 is 0 Å². The molecule has 0 atom stereocenters. The summed E-state index contributed by atoms with van der Waals surface area (Å²) in [4.78, 5) is 0. The van der Waals surface area contributed by atoms with Crippen LogP contribution in [0.2, 0.25) is 0 Å². The van der Waals surface area contributed by atoms with Crippen molar-refractivity contribution in [1.29, 1.82) is 0 Å². The van der Waals surface area contributed by atoms with Gasteiger partial charge in [-0.1, -0.05) is 21.1 Å². The lowest BCUT2D eigenvalue weighted by Crippen LogP contribution is -1.90. The Balaban J connectivity index is 2.49. The summed E-state index contributed by atoms with van der Waals surface area (Å²) in [6.07, 6.45) is 0. The molecule has 2 rings (SSSR count). The summed E-state index contributed by atoms with van der Waals surface area (Å²) in [7, 11) is 1.86. The van der Waals surface area contributed by atoms with E-state index in [-0.39, 0.29) is 0 Å². The number of nitrogens with one attached hydrogen (secondary N) is 1. The van der Waals surface area contributed by atoms with Crippen LogP contribution in [0, 0.1) is 6.92 Å². The summed E-state index contributed by atoms with van der Waals surface area (Å²) < 4.78 is 6.33. The number of hydrogen-bond acceptors (Lipinski definition) is 3. The van der Waals surface area contributed by atoms with Crippen LogP contribution in [-0.4, -0.2) is 12.2 Å². The maximum atomic E-state index is 5.28. The van der Waals surface area contributed by atoms with E-state index >= 15 is 0 Å². The number of aromatic nitrogens is 1. The molecule has 0 aliphatic heterocycles. The first-order valence-electron chi connectivity index (χ1n) is 4.62. The second-order valence-corrected chi connectivity index (χ2v) is 4.14. The predicted molar refractivity (Wildman–Crippen MR) is 63.9 cm³/mol. The minimum absolute atomic E-state index is 0.780. The predicted octanol–water partition coefficient (Wildman–Crippen LogP) is 3.45. The molecule has 0 radical (unpaired) electrons. The van der Waals surface area contributed by atoms with Gasteiger partial charge < -0.3 is 9.84 Å². The molecule has 0 fully saturated rings. The first kappa shape index (κ1) is 10.2. The third-order valence-electron chi connectivity index (χ3n) is 2.22. The molecule has 0 bridgehead atoms. The standard InChI is InChI=1S/C11H11BrN2O/c1-7-10(13-2)11(15-14-7)8-3-5-9(12)6-4-8/h3-6,13H,1-2H3. The van der Waals surface area contributed by atoms with Crippen LogP contribution in [0.5, 0.6) is 0 Å². The molecule has 2 aromatic rings. The number of nitrogens with zero attached hydrogens (tertiary/aromatic N) is 1. The Labute approximate surface area is 96.6 Å². The Morgan fingerprint density at radius 2 is 1.93 bits per heavy atom. The van der Waals surface area contributed by atoms with Crippen molar-refractivity contribution in [1.82, 2.24) is 5.16 Å². The molecule has 4 heteroatoms. The zero-order chi connectivity index (χ0) is 10.8. The lowest BCUT2D eigenvalue weighted by molar-refractivity contribution is 0.427. The van der Waals surface area contributed by atoms with Crippen molar-refractivity contribution in [2.24, 2.45) is 0 Å². The van der Waals surface area contributed by atoms with Crippen LogP contribution in [0.15, 0.2) is 33.3 Å². The Bertz CT molecular complexity index is 462. The van der Waals surface area contributed by atoms with E-state index in [0.29, 0.717) is 0 Å².